The molecular formula is C22H37ClN4O2. The maximum atomic E-state index is 13.0. The van der Waals surface area contributed by atoms with Crippen LogP contribution in [0.4, 0.5) is 4.79 Å². The largest absolute Gasteiger partial charge is 0.338 e. The van der Waals surface area contributed by atoms with Crippen LogP contribution in [0.2, 0.25) is 0 Å². The highest BCUT2D eigenvalue weighted by Crippen LogP contribution is 2.21. The average Bonchev–Trinajstić information content (AvgIpc) is 2.70. The van der Waals surface area contributed by atoms with Crippen molar-refractivity contribution in [2.45, 2.75) is 46.1 Å². The topological polar surface area (TPSA) is 78.7 Å². The molecule has 6 nitrogen and oxygen atoms in total. The Hall–Kier alpha value is -1.79. The number of halogens is 1. The number of likely N-dealkylation sites (tertiary alicyclic amines) is 1. The number of carbonyl (C=O) groups excluding carboxylic acids is 2. The molecule has 3 amide bonds. The Kier molecular flexibility index (Phi) is 11.7. The normalized spacial score (nSPS) is 16.3. The minimum absolute atomic E-state index is 0. The Balaban J connectivity index is 0.00000420. The van der Waals surface area contributed by atoms with Gasteiger partial charge in [-0.15, -0.1) is 12.4 Å². The number of urea groups is 1. The predicted molar refractivity (Wildman–Crippen MR) is 120 cm³/mol. The van der Waals surface area contributed by atoms with Gasteiger partial charge in [0.2, 0.25) is 5.91 Å². The van der Waals surface area contributed by atoms with Crippen LogP contribution < -0.4 is 11.1 Å². The molecule has 1 aromatic rings. The number of hydrogen-bond acceptors (Lipinski definition) is 3. The van der Waals surface area contributed by atoms with Gasteiger partial charge in [-0.05, 0) is 43.2 Å². The number of hydrogen-bond donors (Lipinski definition) is 2. The summed E-state index contributed by atoms with van der Waals surface area (Å²) in [6.07, 6.45) is 3.24. The first-order valence-electron chi connectivity index (χ1n) is 10.5. The first kappa shape index (κ1) is 25.2. The Morgan fingerprint density at radius 2 is 2.00 bits per heavy atom. The number of nitrogens with zero attached hydrogens (tertiary/aromatic N) is 2. The molecule has 1 unspecified atom stereocenters. The smallest absolute Gasteiger partial charge is 0.317 e. The Bertz CT molecular complexity index is 612. The molecule has 0 spiro atoms. The van der Waals surface area contributed by atoms with E-state index < -0.39 is 0 Å². The van der Waals surface area contributed by atoms with Crippen molar-refractivity contribution >= 4 is 24.3 Å². The molecule has 0 saturated carbocycles. The molecular weight excluding hydrogens is 388 g/mol. The minimum atomic E-state index is -0.00452. The predicted octanol–water partition coefficient (Wildman–Crippen LogP) is 3.25. The number of piperidine rings is 1. The summed E-state index contributed by atoms with van der Waals surface area (Å²) in [6.45, 7) is 8.15. The van der Waals surface area contributed by atoms with Crippen LogP contribution in [-0.2, 0) is 11.3 Å². The number of nitrogens with one attached hydrogen (secondary N) is 1. The van der Waals surface area contributed by atoms with Crippen molar-refractivity contribution in [1.29, 1.82) is 0 Å². The van der Waals surface area contributed by atoms with Crippen molar-refractivity contribution in [3.63, 3.8) is 0 Å². The third-order valence-corrected chi connectivity index (χ3v) is 5.13. The van der Waals surface area contributed by atoms with E-state index in [1.54, 1.807) is 0 Å². The van der Waals surface area contributed by atoms with Gasteiger partial charge in [-0.3, -0.25) is 4.79 Å². The SMILES string of the molecule is CC(C)CNC(=O)N1CCCC(CC(=O)N(CCCN)Cc2ccccc2)C1.Cl. The molecule has 1 aliphatic rings. The fraction of sp³-hybridized carbons (Fsp3) is 0.636. The summed E-state index contributed by atoms with van der Waals surface area (Å²) < 4.78 is 0. The molecule has 1 saturated heterocycles. The second-order valence-corrected chi connectivity index (χ2v) is 8.18. The summed E-state index contributed by atoms with van der Waals surface area (Å²) in [5.74, 6) is 0.814. The number of nitrogens with two attached hydrogens (primary N) is 1. The van der Waals surface area contributed by atoms with E-state index in [9.17, 15) is 9.59 Å². The van der Waals surface area contributed by atoms with Crippen LogP contribution in [0.5, 0.6) is 0 Å². The van der Waals surface area contributed by atoms with E-state index in [0.717, 1.165) is 31.4 Å². The molecule has 1 aliphatic heterocycles. The van der Waals surface area contributed by atoms with Crippen LogP contribution in [0.25, 0.3) is 0 Å². The molecule has 7 heteroatoms. The highest BCUT2D eigenvalue weighted by atomic mass is 35.5. The molecule has 1 heterocycles. The molecule has 1 aromatic carbocycles. The van der Waals surface area contributed by atoms with Crippen molar-refractivity contribution in [2.75, 3.05) is 32.7 Å². The van der Waals surface area contributed by atoms with Gasteiger partial charge in [-0.1, -0.05) is 44.2 Å². The summed E-state index contributed by atoms with van der Waals surface area (Å²) in [5, 5.41) is 2.99. The zero-order chi connectivity index (χ0) is 20.4. The average molecular weight is 425 g/mol. The molecule has 3 N–H and O–H groups in total. The van der Waals surface area contributed by atoms with E-state index >= 15 is 0 Å². The highest BCUT2D eigenvalue weighted by molar-refractivity contribution is 5.85. The maximum absolute atomic E-state index is 13.0. The van der Waals surface area contributed by atoms with E-state index in [2.05, 4.69) is 19.2 Å². The highest BCUT2D eigenvalue weighted by Gasteiger charge is 2.27. The van der Waals surface area contributed by atoms with Crippen LogP contribution in [0.15, 0.2) is 30.3 Å². The van der Waals surface area contributed by atoms with Gasteiger partial charge < -0.3 is 20.9 Å². The Morgan fingerprint density at radius 3 is 2.66 bits per heavy atom. The van der Waals surface area contributed by atoms with Crippen molar-refractivity contribution in [1.82, 2.24) is 15.1 Å². The van der Waals surface area contributed by atoms with Crippen LogP contribution in [-0.4, -0.2) is 54.5 Å². The van der Waals surface area contributed by atoms with Gasteiger partial charge in [0.05, 0.1) is 0 Å². The lowest BCUT2D eigenvalue weighted by Gasteiger charge is -2.34. The first-order valence-corrected chi connectivity index (χ1v) is 10.5. The molecule has 0 aliphatic carbocycles. The van der Waals surface area contributed by atoms with Crippen molar-refractivity contribution in [3.8, 4) is 0 Å². The van der Waals surface area contributed by atoms with Gasteiger partial charge in [-0.2, -0.15) is 0 Å². The third kappa shape index (κ3) is 9.05. The molecule has 0 aromatic heterocycles. The summed E-state index contributed by atoms with van der Waals surface area (Å²) in [7, 11) is 0. The van der Waals surface area contributed by atoms with Gasteiger partial charge in [0.15, 0.2) is 0 Å². The van der Waals surface area contributed by atoms with E-state index in [1.807, 2.05) is 40.1 Å². The number of rotatable bonds is 9. The van der Waals surface area contributed by atoms with Crippen LogP contribution in [0, 0.1) is 11.8 Å². The lowest BCUT2D eigenvalue weighted by atomic mass is 9.94. The lowest BCUT2D eigenvalue weighted by Crippen LogP contribution is -2.47. The third-order valence-electron chi connectivity index (χ3n) is 5.13. The Labute approximate surface area is 181 Å². The van der Waals surface area contributed by atoms with Gasteiger partial charge in [0, 0.05) is 39.1 Å². The molecule has 29 heavy (non-hydrogen) atoms. The number of benzene rings is 1. The van der Waals surface area contributed by atoms with E-state index in [-0.39, 0.29) is 30.3 Å². The van der Waals surface area contributed by atoms with Crippen molar-refractivity contribution < 1.29 is 9.59 Å². The van der Waals surface area contributed by atoms with E-state index in [1.165, 1.54) is 0 Å². The monoisotopic (exact) mass is 424 g/mol. The quantitative estimate of drug-likeness (QED) is 0.638. The molecule has 1 fully saturated rings. The summed E-state index contributed by atoms with van der Waals surface area (Å²) in [5.41, 5.74) is 6.80. The molecule has 0 radical (unpaired) electrons. The number of carbonyl (C=O) groups is 2. The fourth-order valence-corrected chi connectivity index (χ4v) is 3.57. The maximum Gasteiger partial charge on any atom is 0.317 e. The summed E-state index contributed by atoms with van der Waals surface area (Å²) in [4.78, 5) is 29.1. The molecule has 2 rings (SSSR count). The van der Waals surface area contributed by atoms with Crippen LogP contribution in [0.1, 0.15) is 45.1 Å². The second-order valence-electron chi connectivity index (χ2n) is 8.18. The molecule has 164 valence electrons. The van der Waals surface area contributed by atoms with Crippen molar-refractivity contribution in [2.24, 2.45) is 17.6 Å². The zero-order valence-corrected chi connectivity index (χ0v) is 18.6. The van der Waals surface area contributed by atoms with Gasteiger partial charge >= 0.3 is 6.03 Å². The molecule has 0 bridgehead atoms. The van der Waals surface area contributed by atoms with Crippen LogP contribution >= 0.6 is 12.4 Å². The zero-order valence-electron chi connectivity index (χ0n) is 17.8. The minimum Gasteiger partial charge on any atom is -0.338 e. The van der Waals surface area contributed by atoms with E-state index in [4.69, 9.17) is 5.73 Å². The van der Waals surface area contributed by atoms with Gasteiger partial charge in [0.25, 0.3) is 0 Å². The first-order chi connectivity index (χ1) is 13.5. The lowest BCUT2D eigenvalue weighted by molar-refractivity contribution is -0.133. The Morgan fingerprint density at radius 1 is 1.28 bits per heavy atom. The van der Waals surface area contributed by atoms with E-state index in [0.29, 0.717) is 45.1 Å². The second kappa shape index (κ2) is 13.4. The standard InChI is InChI=1S/C22H36N4O2.ClH/c1-18(2)15-24-22(28)26-12-6-10-20(17-26)14-21(27)25(13-7-11-23)16-19-8-4-3-5-9-19;/h3-5,8-9,18,20H,6-7,10-17,23H2,1-2H3,(H,24,28);1H. The van der Waals surface area contributed by atoms with Gasteiger partial charge in [0.1, 0.15) is 0 Å². The molecule has 1 atom stereocenters. The number of amides is 3. The van der Waals surface area contributed by atoms with Crippen LogP contribution in [0.3, 0.4) is 0 Å². The van der Waals surface area contributed by atoms with Gasteiger partial charge in [-0.25, -0.2) is 4.79 Å². The fourth-order valence-electron chi connectivity index (χ4n) is 3.57. The van der Waals surface area contributed by atoms with Crippen molar-refractivity contribution in [3.05, 3.63) is 35.9 Å². The summed E-state index contributed by atoms with van der Waals surface area (Å²) in [6, 6.07) is 10.1. The summed E-state index contributed by atoms with van der Waals surface area (Å²) >= 11 is 0.